The van der Waals surface area contributed by atoms with Gasteiger partial charge in [-0.25, -0.2) is 0 Å². The molecule has 0 radical (unpaired) electrons. The third kappa shape index (κ3) is 1.89. The molecule has 0 unspecified atom stereocenters. The van der Waals surface area contributed by atoms with Crippen LogP contribution in [0.2, 0.25) is 0 Å². The Kier molecular flexibility index (Phi) is 2.96. The first-order chi connectivity index (χ1) is 8.52. The van der Waals surface area contributed by atoms with Gasteiger partial charge in [0.2, 0.25) is 0 Å². The summed E-state index contributed by atoms with van der Waals surface area (Å²) in [5, 5.41) is 0. The van der Waals surface area contributed by atoms with Crippen LogP contribution >= 0.6 is 15.9 Å². The summed E-state index contributed by atoms with van der Waals surface area (Å²) in [5.41, 5.74) is 1.90. The maximum absolute atomic E-state index is 6.05. The summed E-state index contributed by atoms with van der Waals surface area (Å²) in [4.78, 5) is 0. The Labute approximate surface area is 116 Å². The lowest BCUT2D eigenvalue weighted by atomic mass is 9.77. The predicted octanol–water partition coefficient (Wildman–Crippen LogP) is 2.81. The molecule has 0 amide bonds. The largest absolute Gasteiger partial charge is 0.499 e. The minimum atomic E-state index is -0.337. The average Bonchev–Trinajstić information content (AvgIpc) is 2.61. The van der Waals surface area contributed by atoms with Crippen molar-refractivity contribution in [2.24, 2.45) is 0 Å². The normalized spacial score (nSPS) is 24.4. The number of benzene rings is 1. The highest BCUT2D eigenvalue weighted by molar-refractivity contribution is 9.10. The number of rotatable bonds is 1. The standard InChI is InChI=1S/C13H16BBrO3/c1-4-9-11-8(15)5-6-10-12(11)14(17-9)18-13(2,3)7-16-10/h5-6,9H,4,7H2,1-3H3/t9-/m1/s1. The number of ether oxygens (including phenoxy) is 1. The van der Waals surface area contributed by atoms with Crippen LogP contribution in [0.3, 0.4) is 0 Å². The number of hydrogen-bond donors (Lipinski definition) is 0. The van der Waals surface area contributed by atoms with Gasteiger partial charge < -0.3 is 14.0 Å². The van der Waals surface area contributed by atoms with E-state index in [1.807, 2.05) is 26.0 Å². The summed E-state index contributed by atoms with van der Waals surface area (Å²) in [6.07, 6.45) is 1.01. The highest BCUT2D eigenvalue weighted by atomic mass is 79.9. The second-order valence-corrected chi connectivity index (χ2v) is 6.26. The van der Waals surface area contributed by atoms with Crippen molar-refractivity contribution in [3.05, 3.63) is 22.2 Å². The molecule has 1 aromatic rings. The second kappa shape index (κ2) is 4.25. The maximum atomic E-state index is 6.05. The fourth-order valence-electron chi connectivity index (χ4n) is 2.53. The van der Waals surface area contributed by atoms with Crippen LogP contribution in [-0.4, -0.2) is 19.3 Å². The molecule has 0 spiro atoms. The Morgan fingerprint density at radius 2 is 2.22 bits per heavy atom. The van der Waals surface area contributed by atoms with Gasteiger partial charge in [-0.05, 0) is 38.0 Å². The van der Waals surface area contributed by atoms with Gasteiger partial charge in [0, 0.05) is 9.94 Å². The lowest BCUT2D eigenvalue weighted by Gasteiger charge is -2.25. The maximum Gasteiger partial charge on any atom is 0.499 e. The predicted molar refractivity (Wildman–Crippen MR) is 74.3 cm³/mol. The highest BCUT2D eigenvalue weighted by Gasteiger charge is 2.45. The third-order valence-corrected chi connectivity index (χ3v) is 4.10. The molecular weight excluding hydrogens is 295 g/mol. The molecule has 0 aromatic heterocycles. The molecule has 0 aliphatic carbocycles. The fourth-order valence-corrected chi connectivity index (χ4v) is 3.13. The van der Waals surface area contributed by atoms with E-state index in [0.29, 0.717) is 6.61 Å². The van der Waals surface area contributed by atoms with Crippen molar-refractivity contribution in [3.63, 3.8) is 0 Å². The van der Waals surface area contributed by atoms with Crippen LogP contribution < -0.4 is 10.2 Å². The van der Waals surface area contributed by atoms with E-state index in [4.69, 9.17) is 14.0 Å². The van der Waals surface area contributed by atoms with Gasteiger partial charge in [0.05, 0.1) is 11.7 Å². The quantitative estimate of drug-likeness (QED) is 0.747. The Morgan fingerprint density at radius 3 is 2.94 bits per heavy atom. The van der Waals surface area contributed by atoms with Crippen LogP contribution in [0.4, 0.5) is 0 Å². The molecule has 0 saturated carbocycles. The van der Waals surface area contributed by atoms with E-state index in [1.54, 1.807) is 0 Å². The SMILES string of the molecule is CC[C@H]1OB2OC(C)(C)COc3ccc(Br)c1c32. The average molecular weight is 311 g/mol. The minimum Gasteiger partial charge on any atom is -0.491 e. The van der Waals surface area contributed by atoms with Crippen molar-refractivity contribution in [1.82, 2.24) is 0 Å². The Morgan fingerprint density at radius 1 is 1.44 bits per heavy atom. The van der Waals surface area contributed by atoms with Crippen molar-refractivity contribution >= 4 is 28.5 Å². The Balaban J connectivity index is 2.13. The van der Waals surface area contributed by atoms with Crippen LogP contribution in [0, 0.1) is 0 Å². The van der Waals surface area contributed by atoms with Gasteiger partial charge in [0.1, 0.15) is 12.4 Å². The van der Waals surface area contributed by atoms with E-state index >= 15 is 0 Å². The minimum absolute atomic E-state index is 0.0804. The number of halogens is 1. The van der Waals surface area contributed by atoms with Crippen molar-refractivity contribution in [2.45, 2.75) is 38.9 Å². The van der Waals surface area contributed by atoms with Crippen LogP contribution in [-0.2, 0) is 9.31 Å². The zero-order chi connectivity index (χ0) is 12.9. The van der Waals surface area contributed by atoms with Gasteiger partial charge in [0.25, 0.3) is 0 Å². The molecule has 3 nitrogen and oxygen atoms in total. The highest BCUT2D eigenvalue weighted by Crippen LogP contribution is 2.38. The van der Waals surface area contributed by atoms with Gasteiger partial charge in [-0.15, -0.1) is 0 Å². The first kappa shape index (κ1) is 12.5. The summed E-state index contributed by atoms with van der Waals surface area (Å²) >= 11 is 3.61. The van der Waals surface area contributed by atoms with E-state index in [1.165, 1.54) is 5.56 Å². The molecule has 3 rings (SSSR count). The van der Waals surface area contributed by atoms with E-state index in [2.05, 4.69) is 22.9 Å². The lowest BCUT2D eigenvalue weighted by Crippen LogP contribution is -2.40. The Bertz CT molecular complexity index is 489. The van der Waals surface area contributed by atoms with E-state index in [9.17, 15) is 0 Å². The zero-order valence-electron chi connectivity index (χ0n) is 10.8. The fraction of sp³-hybridized carbons (Fsp3) is 0.538. The lowest BCUT2D eigenvalue weighted by molar-refractivity contribution is 0.0268. The molecule has 1 aromatic carbocycles. The van der Waals surface area contributed by atoms with Crippen molar-refractivity contribution in [2.75, 3.05) is 6.61 Å². The van der Waals surface area contributed by atoms with E-state index < -0.39 is 0 Å². The summed E-state index contributed by atoms with van der Waals surface area (Å²) in [6, 6.07) is 4.02. The molecular formula is C13H16BBrO3. The van der Waals surface area contributed by atoms with Crippen LogP contribution in [0.5, 0.6) is 5.75 Å². The van der Waals surface area contributed by atoms with Crippen molar-refractivity contribution < 1.29 is 14.0 Å². The number of hydrogen-bond acceptors (Lipinski definition) is 3. The molecule has 2 aliphatic rings. The zero-order valence-corrected chi connectivity index (χ0v) is 12.4. The monoisotopic (exact) mass is 310 g/mol. The van der Waals surface area contributed by atoms with Crippen molar-refractivity contribution in [1.29, 1.82) is 0 Å². The summed E-state index contributed by atoms with van der Waals surface area (Å²) in [5.74, 6) is 0.889. The van der Waals surface area contributed by atoms with E-state index in [-0.39, 0.29) is 18.8 Å². The molecule has 5 heteroatoms. The molecule has 96 valence electrons. The molecule has 0 bridgehead atoms. The first-order valence-electron chi connectivity index (χ1n) is 6.30. The Hall–Kier alpha value is -0.515. The van der Waals surface area contributed by atoms with Crippen LogP contribution in [0.25, 0.3) is 0 Å². The third-order valence-electron chi connectivity index (χ3n) is 3.41. The molecule has 0 fully saturated rings. The van der Waals surface area contributed by atoms with E-state index in [0.717, 1.165) is 22.1 Å². The van der Waals surface area contributed by atoms with Gasteiger partial charge >= 0.3 is 7.12 Å². The molecule has 0 saturated heterocycles. The summed E-state index contributed by atoms with van der Waals surface area (Å²) in [6.45, 7) is 6.71. The second-order valence-electron chi connectivity index (χ2n) is 5.40. The van der Waals surface area contributed by atoms with Crippen molar-refractivity contribution in [3.8, 4) is 5.75 Å². The van der Waals surface area contributed by atoms with Gasteiger partial charge in [-0.1, -0.05) is 22.9 Å². The molecule has 2 heterocycles. The molecule has 1 atom stereocenters. The van der Waals surface area contributed by atoms with Gasteiger partial charge in [-0.3, -0.25) is 0 Å². The smallest absolute Gasteiger partial charge is 0.491 e. The topological polar surface area (TPSA) is 27.7 Å². The van der Waals surface area contributed by atoms with Gasteiger partial charge in [0.15, 0.2) is 0 Å². The molecule has 2 aliphatic heterocycles. The molecule has 18 heavy (non-hydrogen) atoms. The first-order valence-corrected chi connectivity index (χ1v) is 7.09. The summed E-state index contributed by atoms with van der Waals surface area (Å²) < 4.78 is 19.0. The van der Waals surface area contributed by atoms with Crippen LogP contribution in [0.1, 0.15) is 38.9 Å². The van der Waals surface area contributed by atoms with Gasteiger partial charge in [-0.2, -0.15) is 0 Å². The summed E-state index contributed by atoms with van der Waals surface area (Å²) in [7, 11) is -0.310. The van der Waals surface area contributed by atoms with Crippen LogP contribution in [0.15, 0.2) is 16.6 Å². The molecule has 0 N–H and O–H groups in total.